The van der Waals surface area contributed by atoms with Crippen LogP contribution in [0.15, 0.2) is 58.5 Å². The van der Waals surface area contributed by atoms with Gasteiger partial charge in [0, 0.05) is 54.4 Å². The zero-order valence-electron chi connectivity index (χ0n) is 21.9. The number of nitrogens with one attached hydrogen (secondary N) is 3. The Morgan fingerprint density at radius 3 is 2.21 bits per heavy atom. The molecule has 1 fully saturated rings. The Bertz CT molecular complexity index is 1500. The van der Waals surface area contributed by atoms with Gasteiger partial charge in [-0.15, -0.1) is 0 Å². The summed E-state index contributed by atoms with van der Waals surface area (Å²) in [7, 11) is -1.15. The highest BCUT2D eigenvalue weighted by Crippen LogP contribution is 2.37. The number of nitrogens with zero attached hydrogens (tertiary/aromatic N) is 1. The fraction of sp³-hybridized carbons (Fsp3) is 0.308. The first kappa shape index (κ1) is 31.4. The lowest BCUT2D eigenvalue weighted by molar-refractivity contribution is -0.612. The highest BCUT2D eigenvalue weighted by molar-refractivity contribution is 7.85. The average Bonchev–Trinajstić information content (AvgIpc) is 3.31. The van der Waals surface area contributed by atoms with E-state index in [0.29, 0.717) is 23.4 Å². The van der Waals surface area contributed by atoms with Crippen molar-refractivity contribution in [2.24, 2.45) is 5.84 Å². The number of halogens is 7. The molecule has 1 aliphatic rings. The fourth-order valence-corrected chi connectivity index (χ4v) is 5.68. The molecule has 0 spiro atoms. The van der Waals surface area contributed by atoms with Crippen molar-refractivity contribution in [3.05, 3.63) is 87.0 Å². The Morgan fingerprint density at radius 1 is 1.07 bits per heavy atom. The van der Waals surface area contributed by atoms with Crippen LogP contribution in [0.25, 0.3) is 11.3 Å². The molecule has 2 aromatic carbocycles. The minimum Gasteiger partial charge on any atom is -0.366 e. The van der Waals surface area contributed by atoms with E-state index < -0.39 is 46.6 Å². The molecular formula is C26H25ClF6N5O3S+. The van der Waals surface area contributed by atoms with Gasteiger partial charge in [-0.2, -0.15) is 26.3 Å². The van der Waals surface area contributed by atoms with Crippen LogP contribution in [0.5, 0.6) is 0 Å². The molecule has 0 saturated carbocycles. The summed E-state index contributed by atoms with van der Waals surface area (Å²) in [5.74, 6) is 5.59. The maximum Gasteiger partial charge on any atom is 0.416 e. The second-order valence-electron chi connectivity index (χ2n) is 9.31. The third-order valence-electron chi connectivity index (χ3n) is 6.46. The van der Waals surface area contributed by atoms with E-state index in [1.165, 1.54) is 0 Å². The van der Waals surface area contributed by atoms with Crippen molar-refractivity contribution >= 4 is 28.2 Å². The van der Waals surface area contributed by atoms with Crippen LogP contribution in [0, 0.1) is 6.92 Å². The minimum absolute atomic E-state index is 0.00382. The predicted octanol–water partition coefficient (Wildman–Crippen LogP) is 4.43. The Kier molecular flexibility index (Phi) is 9.23. The molecule has 8 nitrogen and oxygen atoms in total. The van der Waals surface area contributed by atoms with E-state index in [9.17, 15) is 35.3 Å². The summed E-state index contributed by atoms with van der Waals surface area (Å²) in [5, 5.41) is 5.70. The molecule has 1 aliphatic heterocycles. The van der Waals surface area contributed by atoms with Gasteiger partial charge in [-0.1, -0.05) is 23.7 Å². The number of aromatic nitrogens is 1. The molecule has 3 aromatic rings. The van der Waals surface area contributed by atoms with Crippen LogP contribution >= 0.6 is 11.6 Å². The predicted molar refractivity (Wildman–Crippen MR) is 142 cm³/mol. The summed E-state index contributed by atoms with van der Waals surface area (Å²) in [6.45, 7) is 1.35. The van der Waals surface area contributed by atoms with Crippen molar-refractivity contribution < 1.29 is 45.0 Å². The molecule has 1 saturated heterocycles. The molecule has 0 radical (unpaired) electrons. The summed E-state index contributed by atoms with van der Waals surface area (Å²) in [6.07, 6.45) is -10.1. The van der Waals surface area contributed by atoms with Gasteiger partial charge in [0.1, 0.15) is 17.1 Å². The Morgan fingerprint density at radius 2 is 1.67 bits per heavy atom. The zero-order chi connectivity index (χ0) is 30.8. The number of allylic oxidation sites excluding steroid dienone is 1. The Balaban J connectivity index is 1.79. The van der Waals surface area contributed by atoms with E-state index in [2.05, 4.69) is 15.9 Å². The molecule has 0 atom stereocenters. The number of Topliss-reactive ketones (excluding diaryl/α,β-unsaturated/α-hetero) is 1. The molecule has 16 heteroatoms. The van der Waals surface area contributed by atoms with Gasteiger partial charge < -0.3 is 15.6 Å². The van der Waals surface area contributed by atoms with Gasteiger partial charge in [-0.05, 0) is 41.1 Å². The number of alkyl halides is 6. The monoisotopic (exact) mass is 636 g/mol. The number of hydrogen-bond donors (Lipinski definition) is 3. The van der Waals surface area contributed by atoms with Gasteiger partial charge in [0.2, 0.25) is 17.2 Å². The van der Waals surface area contributed by atoms with Crippen LogP contribution < -0.4 is 21.7 Å². The fourth-order valence-electron chi connectivity index (χ4n) is 4.40. The molecule has 4 rings (SSSR count). The average molecular weight is 637 g/mol. The first-order chi connectivity index (χ1) is 19.7. The number of carbonyl (C=O) groups is 1. The first-order valence-corrected chi connectivity index (χ1v) is 14.2. The number of benzene rings is 2. The second-order valence-corrected chi connectivity index (χ2v) is 11.4. The molecule has 0 unspecified atom stereocenters. The number of nitrogens with two attached hydrogens (primary N) is 1. The van der Waals surface area contributed by atoms with Crippen LogP contribution in [0.1, 0.15) is 32.7 Å². The number of hydrazine groups is 1. The smallest absolute Gasteiger partial charge is 0.366 e. The van der Waals surface area contributed by atoms with Crippen molar-refractivity contribution in [2.75, 3.05) is 24.6 Å². The molecule has 5 N–H and O–H groups in total. The largest absolute Gasteiger partial charge is 0.416 e. The Hall–Kier alpha value is -3.56. The van der Waals surface area contributed by atoms with Crippen molar-refractivity contribution in [1.82, 2.24) is 15.6 Å². The van der Waals surface area contributed by atoms with E-state index in [4.69, 9.17) is 22.0 Å². The molecule has 0 bridgehead atoms. The van der Waals surface area contributed by atoms with Gasteiger partial charge in [-0.25, -0.2) is 4.52 Å². The summed E-state index contributed by atoms with van der Waals surface area (Å²) in [5.41, 5.74) is -0.501. The molecule has 42 heavy (non-hydrogen) atoms. The van der Waals surface area contributed by atoms with E-state index >= 15 is 0 Å². The van der Waals surface area contributed by atoms with E-state index in [1.807, 2.05) is 0 Å². The third-order valence-corrected chi connectivity index (χ3v) is 8.07. The second kappa shape index (κ2) is 12.4. The van der Waals surface area contributed by atoms with E-state index in [-0.39, 0.29) is 64.1 Å². The molecule has 0 amide bonds. The maximum absolute atomic E-state index is 13.9. The standard InChI is InChI=1S/C26H24ClF6N5O3S/c1-14-20(23(41-37-14)18-4-2-3-5-19(18)27)22(39)21(36-34)24(38-6-8-42(40)9-7-38)35-13-15-10-16(25(28,29)30)12-17(11-15)26(31,32)33/h2-5,10-12,35-36H,6-9,13,34H2,1H3/p+1/b24-21+. The summed E-state index contributed by atoms with van der Waals surface area (Å²) in [4.78, 5) is 15.5. The van der Waals surface area contributed by atoms with Crippen molar-refractivity contribution in [2.45, 2.75) is 25.8 Å². The van der Waals surface area contributed by atoms with Crippen molar-refractivity contribution in [3.63, 3.8) is 0 Å². The van der Waals surface area contributed by atoms with Crippen LogP contribution in [0.2, 0.25) is 5.02 Å². The highest BCUT2D eigenvalue weighted by Gasteiger charge is 2.37. The lowest BCUT2D eigenvalue weighted by Gasteiger charge is -2.32. The van der Waals surface area contributed by atoms with Gasteiger partial charge in [0.15, 0.2) is 0 Å². The molecule has 0 aliphatic carbocycles. The van der Waals surface area contributed by atoms with Gasteiger partial charge in [0.25, 0.3) is 0 Å². The number of carbonyl (C=O) groups excluding carboxylic acids is 1. The quantitative estimate of drug-likeness (QED) is 0.110. The normalized spacial score (nSPS) is 15.4. The van der Waals surface area contributed by atoms with Gasteiger partial charge in [-0.3, -0.25) is 14.8 Å². The Labute approximate surface area is 243 Å². The number of ketones is 1. The van der Waals surface area contributed by atoms with Crippen LogP contribution in [-0.2, 0) is 29.7 Å². The van der Waals surface area contributed by atoms with Gasteiger partial charge in [0.05, 0.1) is 16.1 Å². The van der Waals surface area contributed by atoms with E-state index in [1.54, 1.807) is 36.1 Å². The lowest BCUT2D eigenvalue weighted by atomic mass is 10.0. The van der Waals surface area contributed by atoms with Crippen molar-refractivity contribution in [1.29, 1.82) is 0 Å². The maximum atomic E-state index is 13.9. The number of aromatic amines is 1. The number of aryl methyl sites for hydroxylation is 1. The van der Waals surface area contributed by atoms with Crippen molar-refractivity contribution in [3.8, 4) is 11.3 Å². The van der Waals surface area contributed by atoms with E-state index in [0.717, 1.165) is 0 Å². The van der Waals surface area contributed by atoms with Gasteiger partial charge >= 0.3 is 12.4 Å². The topological polar surface area (TPSA) is 115 Å². The molecular weight excluding hydrogens is 612 g/mol. The first-order valence-electron chi connectivity index (χ1n) is 12.3. The number of H-pyrrole nitrogens is 1. The minimum atomic E-state index is -5.03. The van der Waals surface area contributed by atoms with Crippen LogP contribution in [0.4, 0.5) is 26.3 Å². The summed E-state index contributed by atoms with van der Waals surface area (Å²) < 4.78 is 98.1. The molecule has 2 heterocycles. The number of hydrogen-bond acceptors (Lipinski definition) is 7. The van der Waals surface area contributed by atoms with Crippen LogP contribution in [-0.4, -0.2) is 39.5 Å². The summed E-state index contributed by atoms with van der Waals surface area (Å²) >= 11 is 6.32. The highest BCUT2D eigenvalue weighted by atomic mass is 35.5. The lowest BCUT2D eigenvalue weighted by Crippen LogP contribution is -2.45. The zero-order valence-corrected chi connectivity index (χ0v) is 23.5. The summed E-state index contributed by atoms with van der Waals surface area (Å²) in [6, 6.07) is 7.78. The number of rotatable bonds is 8. The van der Waals surface area contributed by atoms with Crippen LogP contribution in [0.3, 0.4) is 0 Å². The molecule has 1 aromatic heterocycles. The molecule has 226 valence electrons. The third kappa shape index (κ3) is 6.90. The SMILES string of the molecule is Cc1[nH+]oc(-c2ccccc2Cl)c1C(=O)/C(NN)=C(/NCc1cc(C(F)(F)F)cc(C(F)(F)F)c1)N1CCS(=O)CC1.